The maximum absolute atomic E-state index is 4.42. The highest BCUT2D eigenvalue weighted by atomic mass is 79.9. The number of H-pyrrole nitrogens is 1. The Morgan fingerprint density at radius 3 is 2.67 bits per heavy atom. The van der Waals surface area contributed by atoms with Crippen molar-refractivity contribution in [2.24, 2.45) is 0 Å². The molecule has 2 aromatic carbocycles. The Labute approximate surface area is 131 Å². The van der Waals surface area contributed by atoms with Gasteiger partial charge < -0.3 is 4.98 Å². The molecule has 102 valence electrons. The van der Waals surface area contributed by atoms with Gasteiger partial charge in [-0.3, -0.25) is 4.98 Å². The van der Waals surface area contributed by atoms with Crippen LogP contribution in [0.4, 0.5) is 0 Å². The predicted molar refractivity (Wildman–Crippen MR) is 90.5 cm³/mol. The molecule has 3 heteroatoms. The summed E-state index contributed by atoms with van der Waals surface area (Å²) in [6.07, 6.45) is 4.79. The lowest BCUT2D eigenvalue weighted by molar-refractivity contribution is 1.16. The molecule has 4 rings (SSSR count). The monoisotopic (exact) mass is 336 g/mol. The van der Waals surface area contributed by atoms with Crippen molar-refractivity contribution in [2.75, 3.05) is 0 Å². The lowest BCUT2D eigenvalue weighted by Gasteiger charge is -2.03. The van der Waals surface area contributed by atoms with Crippen molar-refractivity contribution in [3.63, 3.8) is 0 Å². The molecule has 0 fully saturated rings. The molecule has 2 heterocycles. The summed E-state index contributed by atoms with van der Waals surface area (Å²) in [5.41, 5.74) is 4.85. The molecule has 0 saturated carbocycles. The van der Waals surface area contributed by atoms with Gasteiger partial charge in [-0.05, 0) is 23.3 Å². The Bertz CT molecular complexity index is 926. The molecule has 21 heavy (non-hydrogen) atoms. The summed E-state index contributed by atoms with van der Waals surface area (Å²) in [6.45, 7) is 0. The maximum Gasteiger partial charge on any atom is 0.0531 e. The highest BCUT2D eigenvalue weighted by molar-refractivity contribution is 9.10. The van der Waals surface area contributed by atoms with Crippen LogP contribution in [0.1, 0.15) is 11.1 Å². The minimum atomic E-state index is 0.888. The van der Waals surface area contributed by atoms with Crippen LogP contribution in [0.15, 0.2) is 65.4 Å². The fourth-order valence-corrected chi connectivity index (χ4v) is 3.16. The molecule has 0 bridgehead atoms. The Hall–Kier alpha value is -2.13. The number of nitrogens with one attached hydrogen (secondary N) is 1. The summed E-state index contributed by atoms with van der Waals surface area (Å²) in [5.74, 6) is 0. The number of halogens is 1. The summed E-state index contributed by atoms with van der Waals surface area (Å²) < 4.78 is 1.08. The number of aromatic nitrogens is 2. The zero-order chi connectivity index (χ0) is 14.2. The molecule has 2 nitrogen and oxygen atoms in total. The molecular formula is C18H13BrN2. The van der Waals surface area contributed by atoms with Crippen molar-refractivity contribution in [1.82, 2.24) is 9.97 Å². The van der Waals surface area contributed by atoms with Gasteiger partial charge in [0.1, 0.15) is 0 Å². The van der Waals surface area contributed by atoms with E-state index in [0.717, 1.165) is 16.4 Å². The highest BCUT2D eigenvalue weighted by Crippen LogP contribution is 2.29. The topological polar surface area (TPSA) is 28.7 Å². The minimum absolute atomic E-state index is 0.888. The number of nitrogens with zero attached hydrogens (tertiary/aromatic N) is 1. The van der Waals surface area contributed by atoms with Gasteiger partial charge in [0.05, 0.1) is 5.52 Å². The number of pyridine rings is 1. The van der Waals surface area contributed by atoms with E-state index in [-0.39, 0.29) is 0 Å². The zero-order valence-corrected chi connectivity index (χ0v) is 12.9. The normalized spacial score (nSPS) is 11.3. The smallest absolute Gasteiger partial charge is 0.0531 e. The number of hydrogen-bond acceptors (Lipinski definition) is 1. The number of rotatable bonds is 2. The van der Waals surface area contributed by atoms with Crippen LogP contribution in [0.25, 0.3) is 21.8 Å². The second-order valence-corrected chi connectivity index (χ2v) is 6.11. The van der Waals surface area contributed by atoms with Gasteiger partial charge in [-0.25, -0.2) is 0 Å². The summed E-state index contributed by atoms with van der Waals surface area (Å²) in [6, 6.07) is 16.8. The molecule has 2 aromatic heterocycles. The van der Waals surface area contributed by atoms with Crippen molar-refractivity contribution in [2.45, 2.75) is 6.42 Å². The van der Waals surface area contributed by atoms with E-state index in [9.17, 15) is 0 Å². The van der Waals surface area contributed by atoms with Crippen molar-refractivity contribution >= 4 is 37.7 Å². The zero-order valence-electron chi connectivity index (χ0n) is 11.3. The van der Waals surface area contributed by atoms with Crippen LogP contribution in [-0.4, -0.2) is 9.97 Å². The van der Waals surface area contributed by atoms with Crippen molar-refractivity contribution < 1.29 is 0 Å². The first-order valence-electron chi connectivity index (χ1n) is 6.89. The minimum Gasteiger partial charge on any atom is -0.354 e. The van der Waals surface area contributed by atoms with Gasteiger partial charge >= 0.3 is 0 Å². The summed E-state index contributed by atoms with van der Waals surface area (Å²) in [5, 5.41) is 2.40. The average Bonchev–Trinajstić information content (AvgIpc) is 2.87. The molecule has 0 saturated heterocycles. The molecule has 0 atom stereocenters. The average molecular weight is 337 g/mol. The lowest BCUT2D eigenvalue weighted by atomic mass is 10.0. The standard InChI is InChI=1S/C18H13BrN2/c19-14-6-7-15-16-11-20-10-13(18(16)21-17(15)9-14)8-12-4-2-1-3-5-12/h1-7,9-11,21H,8H2. The number of benzene rings is 2. The van der Waals surface area contributed by atoms with Gasteiger partial charge in [0.2, 0.25) is 0 Å². The van der Waals surface area contributed by atoms with E-state index in [1.54, 1.807) is 0 Å². The Balaban J connectivity index is 1.91. The van der Waals surface area contributed by atoms with E-state index in [2.05, 4.69) is 68.4 Å². The van der Waals surface area contributed by atoms with Gasteiger partial charge in [-0.2, -0.15) is 0 Å². The lowest BCUT2D eigenvalue weighted by Crippen LogP contribution is -1.90. The van der Waals surface area contributed by atoms with E-state index in [4.69, 9.17) is 0 Å². The largest absolute Gasteiger partial charge is 0.354 e. The maximum atomic E-state index is 4.42. The third-order valence-corrected chi connectivity index (χ3v) is 4.29. The SMILES string of the molecule is Brc1ccc2c(c1)[nH]c1c(Cc3ccccc3)cncc12. The molecule has 0 aliphatic carbocycles. The van der Waals surface area contributed by atoms with E-state index < -0.39 is 0 Å². The van der Waals surface area contributed by atoms with E-state index >= 15 is 0 Å². The third-order valence-electron chi connectivity index (χ3n) is 3.79. The van der Waals surface area contributed by atoms with Gasteiger partial charge in [-0.1, -0.05) is 52.3 Å². The van der Waals surface area contributed by atoms with Crippen molar-refractivity contribution in [1.29, 1.82) is 0 Å². The van der Waals surface area contributed by atoms with Crippen LogP contribution >= 0.6 is 15.9 Å². The molecule has 1 N–H and O–H groups in total. The first-order chi connectivity index (χ1) is 10.3. The summed E-state index contributed by atoms with van der Waals surface area (Å²) in [7, 11) is 0. The van der Waals surface area contributed by atoms with E-state index in [1.165, 1.54) is 27.4 Å². The quantitative estimate of drug-likeness (QED) is 0.544. The molecule has 0 radical (unpaired) electrons. The number of fused-ring (bicyclic) bond motifs is 3. The third kappa shape index (κ3) is 2.24. The summed E-state index contributed by atoms with van der Waals surface area (Å²) >= 11 is 3.53. The summed E-state index contributed by atoms with van der Waals surface area (Å²) in [4.78, 5) is 7.96. The number of aromatic amines is 1. The van der Waals surface area contributed by atoms with Crippen LogP contribution in [-0.2, 0) is 6.42 Å². The Morgan fingerprint density at radius 1 is 0.952 bits per heavy atom. The molecule has 0 aliphatic rings. The second-order valence-electron chi connectivity index (χ2n) is 5.20. The van der Waals surface area contributed by atoms with Crippen LogP contribution in [0.5, 0.6) is 0 Å². The molecule has 0 spiro atoms. The van der Waals surface area contributed by atoms with Gasteiger partial charge in [-0.15, -0.1) is 0 Å². The first kappa shape index (κ1) is 12.6. The van der Waals surface area contributed by atoms with Gasteiger partial charge in [0.25, 0.3) is 0 Å². The number of hydrogen-bond donors (Lipinski definition) is 1. The highest BCUT2D eigenvalue weighted by Gasteiger charge is 2.09. The molecule has 0 amide bonds. The predicted octanol–water partition coefficient (Wildman–Crippen LogP) is 5.07. The van der Waals surface area contributed by atoms with Gasteiger partial charge in [0, 0.05) is 39.6 Å². The molecule has 0 unspecified atom stereocenters. The van der Waals surface area contributed by atoms with Crippen molar-refractivity contribution in [3.8, 4) is 0 Å². The molecular weight excluding hydrogens is 324 g/mol. The van der Waals surface area contributed by atoms with E-state index in [0.29, 0.717) is 0 Å². The molecule has 0 aliphatic heterocycles. The fraction of sp³-hybridized carbons (Fsp3) is 0.0556. The Morgan fingerprint density at radius 2 is 1.81 bits per heavy atom. The van der Waals surface area contributed by atoms with Crippen molar-refractivity contribution in [3.05, 3.63) is 76.5 Å². The van der Waals surface area contributed by atoms with Crippen LogP contribution in [0, 0.1) is 0 Å². The van der Waals surface area contributed by atoms with Crippen LogP contribution < -0.4 is 0 Å². The van der Waals surface area contributed by atoms with E-state index in [1.807, 2.05) is 18.5 Å². The van der Waals surface area contributed by atoms with Crippen LogP contribution in [0.3, 0.4) is 0 Å². The molecule has 4 aromatic rings. The Kier molecular flexibility index (Phi) is 3.00. The van der Waals surface area contributed by atoms with Crippen LogP contribution in [0.2, 0.25) is 0 Å². The first-order valence-corrected chi connectivity index (χ1v) is 7.68. The van der Waals surface area contributed by atoms with Gasteiger partial charge in [0.15, 0.2) is 0 Å². The second kappa shape index (κ2) is 5.01. The fourth-order valence-electron chi connectivity index (χ4n) is 2.79.